The van der Waals surface area contributed by atoms with Gasteiger partial charge >= 0.3 is 27.4 Å². The zero-order chi connectivity index (χ0) is 56.3. The Labute approximate surface area is 488 Å². The van der Waals surface area contributed by atoms with E-state index in [4.69, 9.17) is 70.6 Å². The van der Waals surface area contributed by atoms with E-state index in [1.165, 1.54) is 0 Å². The maximum Gasteiger partial charge on any atom is 0.426 e. The number of aromatic nitrogens is 4. The third-order valence-corrected chi connectivity index (χ3v) is 15.1. The van der Waals surface area contributed by atoms with E-state index >= 15 is 0 Å². The van der Waals surface area contributed by atoms with Crippen LogP contribution in [-0.4, -0.2) is 149 Å². The number of benzene rings is 4. The van der Waals surface area contributed by atoms with Crippen molar-refractivity contribution in [2.75, 3.05) is 99.2 Å². The largest absolute Gasteiger partial charge is 0.488 e. The highest BCUT2D eigenvalue weighted by Crippen LogP contribution is 2.36. The number of ether oxygens (including phenoxy) is 5. The minimum absolute atomic E-state index is 0.0361. The van der Waals surface area contributed by atoms with Gasteiger partial charge in [-0.2, -0.15) is 0 Å². The molecule has 0 unspecified atom stereocenters. The molecule has 0 saturated carbocycles. The van der Waals surface area contributed by atoms with Gasteiger partial charge < -0.3 is 68.0 Å². The molecule has 0 aliphatic carbocycles. The van der Waals surface area contributed by atoms with Crippen LogP contribution in [0, 0.1) is 6.92 Å². The van der Waals surface area contributed by atoms with Crippen LogP contribution in [0.5, 0.6) is 11.5 Å². The van der Waals surface area contributed by atoms with Crippen LogP contribution in [0.15, 0.2) is 77.5 Å². The average Bonchev–Trinajstić information content (AvgIpc) is 3.44. The molecular formula is C55H70B3BrCl2N10O9. The number of carbonyl (C=O) groups is 1. The fourth-order valence-corrected chi connectivity index (χ4v) is 10.8. The van der Waals surface area contributed by atoms with Gasteiger partial charge in [0.2, 0.25) is 11.9 Å². The van der Waals surface area contributed by atoms with Crippen molar-refractivity contribution in [1.82, 2.24) is 30.2 Å². The summed E-state index contributed by atoms with van der Waals surface area (Å²) in [6, 6.07) is 19.8. The summed E-state index contributed by atoms with van der Waals surface area (Å²) in [7, 11) is -0.406. The van der Waals surface area contributed by atoms with Gasteiger partial charge in [0.05, 0.1) is 47.8 Å². The Kier molecular flexibility index (Phi) is 20.5. The minimum Gasteiger partial charge on any atom is -0.488 e. The van der Waals surface area contributed by atoms with Crippen molar-refractivity contribution in [2.24, 2.45) is 0 Å². The highest BCUT2D eigenvalue weighted by Gasteiger charge is 2.32. The number of amides is 1. The van der Waals surface area contributed by atoms with E-state index in [0.717, 1.165) is 120 Å². The second-order valence-corrected chi connectivity index (χ2v) is 22.8. The van der Waals surface area contributed by atoms with Crippen molar-refractivity contribution in [3.63, 3.8) is 0 Å². The lowest BCUT2D eigenvalue weighted by Gasteiger charge is -2.33. The number of aryl methyl sites for hydroxylation is 1. The van der Waals surface area contributed by atoms with Crippen LogP contribution in [0.4, 0.5) is 39.4 Å². The molecule has 5 saturated heterocycles. The van der Waals surface area contributed by atoms with Crippen molar-refractivity contribution < 1.29 is 42.2 Å². The predicted molar refractivity (Wildman–Crippen MR) is 323 cm³/mol. The van der Waals surface area contributed by atoms with Gasteiger partial charge in [-0.3, -0.25) is 0 Å². The third-order valence-electron chi connectivity index (χ3n) is 13.8. The molecule has 5 aliphatic rings. The molecule has 25 heteroatoms. The topological polar surface area (TPSA) is 188 Å². The fourth-order valence-electron chi connectivity index (χ4n) is 9.81. The fraction of sp³-hybridized carbons (Fsp3) is 0.473. The van der Waals surface area contributed by atoms with Crippen LogP contribution in [0.25, 0.3) is 21.8 Å². The normalized spacial score (nSPS) is 17.6. The Morgan fingerprint density at radius 2 is 1.12 bits per heavy atom. The maximum absolute atomic E-state index is 12.4. The number of likely N-dealkylation sites (tertiary alicyclic amines) is 1. The van der Waals surface area contributed by atoms with Crippen LogP contribution in [0.2, 0.25) is 30.5 Å². The molecule has 6 aromatic rings. The molecule has 0 radical (unpaired) electrons. The van der Waals surface area contributed by atoms with Gasteiger partial charge in [-0.05, 0) is 134 Å². The van der Waals surface area contributed by atoms with Crippen LogP contribution in [0.3, 0.4) is 0 Å². The number of nitrogens with zero attached hydrogens (tertiary/aromatic N) is 7. The van der Waals surface area contributed by atoms with Gasteiger partial charge in [0.15, 0.2) is 0 Å². The molecule has 424 valence electrons. The first-order valence-corrected chi connectivity index (χ1v) is 29.0. The molecule has 3 N–H and O–H groups in total. The van der Waals surface area contributed by atoms with Gasteiger partial charge in [-0.1, -0.05) is 45.2 Å². The van der Waals surface area contributed by atoms with E-state index in [1.54, 1.807) is 11.1 Å². The minimum atomic E-state index is -0.512. The number of morpholine rings is 2. The van der Waals surface area contributed by atoms with E-state index in [2.05, 4.69) is 64.6 Å². The molecule has 0 atom stereocenters. The molecule has 5 aliphatic heterocycles. The van der Waals surface area contributed by atoms with E-state index in [-0.39, 0.29) is 39.7 Å². The number of hydrogen-bond donors (Lipinski definition) is 3. The number of piperidine rings is 2. The SMILES string of the molecule is CB1OB(C)OB(C)O1.CC(C)(C)OC(=O)N1CCC(Oc2ccc(Br)c3cnc(Nc4ccc(N5CCOCC5)c(Cl)c4)nc23)CC1.Cc1ccc(OC2CCNCC2)c2nc(Nc3ccc(N4CCOCC4)c(Cl)c3)ncc12. The monoisotopic (exact) mass is 1200 g/mol. The molecule has 7 heterocycles. The lowest BCUT2D eigenvalue weighted by Crippen LogP contribution is -2.44. The van der Waals surface area contributed by atoms with Crippen LogP contribution in [-0.2, 0) is 27.9 Å². The maximum atomic E-state index is 12.4. The van der Waals surface area contributed by atoms with Gasteiger partial charge in [-0.25, -0.2) is 24.7 Å². The Hall–Kier alpha value is -5.36. The predicted octanol–water partition coefficient (Wildman–Crippen LogP) is 11.1. The Morgan fingerprint density at radius 1 is 0.662 bits per heavy atom. The summed E-state index contributed by atoms with van der Waals surface area (Å²) < 4.78 is 45.4. The van der Waals surface area contributed by atoms with Crippen LogP contribution in [0.1, 0.15) is 52.0 Å². The van der Waals surface area contributed by atoms with Crippen LogP contribution < -0.4 is 35.2 Å². The standard InChI is InChI=1S/C28H33BrClN5O4.C24H28ClN5O2.C3H9B3O3/c1-28(2,3)39-27(36)35-10-8-19(9-11-35)38-24-7-5-21(29)20-17-31-26(33-25(20)24)32-18-4-6-23(22(30)16-18)34-12-14-37-15-13-34;1-16-2-5-22(32-18-6-8-26-9-7-18)23-19(16)15-27-24(29-23)28-17-3-4-21(20(25)14-17)30-10-12-31-13-11-30;1-4-7-5(2)9-6(3)8-4/h4-7,16-17,19H,8-15H2,1-3H3,(H,31,32,33);2-5,14-15,18,26H,6-13H2,1H3,(H,27,28,29);1-3H3. The first-order chi connectivity index (χ1) is 38.5. The van der Waals surface area contributed by atoms with Crippen molar-refractivity contribution in [3.8, 4) is 11.5 Å². The summed E-state index contributed by atoms with van der Waals surface area (Å²) in [5.74, 6) is 2.45. The number of carbonyl (C=O) groups excluding carboxylic acids is 1. The number of fused-ring (bicyclic) bond motifs is 2. The van der Waals surface area contributed by atoms with Gasteiger partial charge in [0, 0.05) is 91.1 Å². The molecule has 2 aromatic heterocycles. The Bertz CT molecular complexity index is 3040. The third kappa shape index (κ3) is 16.2. The number of hydrogen-bond acceptors (Lipinski definition) is 18. The van der Waals surface area contributed by atoms with Gasteiger partial charge in [0.1, 0.15) is 40.3 Å². The number of anilines is 6. The molecule has 5 fully saturated rings. The molecule has 0 bridgehead atoms. The quantitative estimate of drug-likeness (QED) is 0.110. The smallest absolute Gasteiger partial charge is 0.426 e. The van der Waals surface area contributed by atoms with Crippen molar-refractivity contribution in [3.05, 3.63) is 93.1 Å². The zero-order valence-electron chi connectivity index (χ0n) is 46.6. The molecule has 80 heavy (non-hydrogen) atoms. The van der Waals surface area contributed by atoms with E-state index < -0.39 is 5.60 Å². The summed E-state index contributed by atoms with van der Waals surface area (Å²) >= 11 is 16.8. The van der Waals surface area contributed by atoms with Gasteiger partial charge in [0.25, 0.3) is 0 Å². The van der Waals surface area contributed by atoms with Crippen molar-refractivity contribution in [1.29, 1.82) is 0 Å². The van der Waals surface area contributed by atoms with Crippen molar-refractivity contribution >= 4 is 123 Å². The summed E-state index contributed by atoms with van der Waals surface area (Å²) in [6.45, 7) is 22.6. The summed E-state index contributed by atoms with van der Waals surface area (Å²) in [4.78, 5) is 37.3. The molecule has 1 amide bonds. The van der Waals surface area contributed by atoms with Crippen molar-refractivity contribution in [2.45, 2.75) is 91.7 Å². The van der Waals surface area contributed by atoms with Gasteiger partial charge in [-0.15, -0.1) is 0 Å². The summed E-state index contributed by atoms with van der Waals surface area (Å²) in [5, 5.41) is 13.2. The molecule has 4 aromatic carbocycles. The second-order valence-electron chi connectivity index (χ2n) is 21.1. The summed E-state index contributed by atoms with van der Waals surface area (Å²) in [6.07, 6.45) is 6.94. The van der Waals surface area contributed by atoms with E-state index in [9.17, 15) is 4.79 Å². The summed E-state index contributed by atoms with van der Waals surface area (Å²) in [5.41, 5.74) is 5.80. The molecule has 0 spiro atoms. The highest BCUT2D eigenvalue weighted by atomic mass is 79.9. The molecular weight excluding hydrogens is 1130 g/mol. The number of nitrogens with one attached hydrogen (secondary N) is 3. The first-order valence-electron chi connectivity index (χ1n) is 27.5. The highest BCUT2D eigenvalue weighted by molar-refractivity contribution is 9.10. The first kappa shape index (κ1) is 59.3. The Balaban J connectivity index is 0.000000169. The number of halogens is 3. The van der Waals surface area contributed by atoms with E-state index in [0.29, 0.717) is 72.4 Å². The van der Waals surface area contributed by atoms with Crippen LogP contribution >= 0.6 is 39.1 Å². The van der Waals surface area contributed by atoms with E-state index in [1.807, 2.05) is 102 Å². The number of rotatable bonds is 10. The molecule has 19 nitrogen and oxygen atoms in total. The average molecular weight is 1200 g/mol. The second kappa shape index (κ2) is 27.6. The lowest BCUT2D eigenvalue weighted by molar-refractivity contribution is 0.0127. The molecule has 11 rings (SSSR count). The zero-order valence-corrected chi connectivity index (χ0v) is 49.7. The lowest BCUT2D eigenvalue weighted by atomic mass is 9.74. The Morgan fingerprint density at radius 3 is 1.61 bits per heavy atom.